The molecule has 3 heterocycles. The van der Waals surface area contributed by atoms with Crippen LogP contribution < -0.4 is 20.7 Å². The van der Waals surface area contributed by atoms with Gasteiger partial charge in [-0.15, -0.1) is 0 Å². The minimum atomic E-state index is -2.77. The zero-order valence-corrected chi connectivity index (χ0v) is 39.3. The van der Waals surface area contributed by atoms with E-state index < -0.39 is 8.07 Å². The van der Waals surface area contributed by atoms with Crippen molar-refractivity contribution in [3.63, 3.8) is 0 Å². The van der Waals surface area contributed by atoms with Gasteiger partial charge in [-0.3, -0.25) is 0 Å². The summed E-state index contributed by atoms with van der Waals surface area (Å²) in [4.78, 5) is 0. The first-order valence-corrected chi connectivity index (χ1v) is 26.2. The van der Waals surface area contributed by atoms with Crippen molar-refractivity contribution >= 4 is 94.2 Å². The molecule has 70 heavy (non-hydrogen) atoms. The van der Waals surface area contributed by atoms with Crippen molar-refractivity contribution in [3.05, 3.63) is 273 Å². The summed E-state index contributed by atoms with van der Waals surface area (Å²) in [7, 11) is -2.77. The van der Waals surface area contributed by atoms with Crippen molar-refractivity contribution in [1.82, 2.24) is 13.7 Å². The molecule has 0 aliphatic carbocycles. The highest BCUT2D eigenvalue weighted by Gasteiger charge is 2.41. The number of hydrogen-bond donors (Lipinski definition) is 0. The molecule has 0 aliphatic heterocycles. The zero-order valence-electron chi connectivity index (χ0n) is 38.3. The van der Waals surface area contributed by atoms with E-state index in [1.165, 1.54) is 97.3 Å². The van der Waals surface area contributed by atoms with Gasteiger partial charge in [-0.1, -0.05) is 206 Å². The first-order valence-electron chi connectivity index (χ1n) is 24.2. The molecule has 3 aromatic heterocycles. The van der Waals surface area contributed by atoms with Crippen molar-refractivity contribution in [2.45, 2.75) is 0 Å². The van der Waals surface area contributed by atoms with Crippen LogP contribution in [0.15, 0.2) is 273 Å². The SMILES string of the molecule is c1ccc(-c2ccc3c4ccccc4n(-c4ccc5c6ccccc6n(-c6ccc7c(c6)c6ccccc6n7-c6cccc([Si](c7ccccc7)(c7ccccc7)c7ccccc7)c6)c5c4)c3c2)cc1. The molecule has 0 saturated carbocycles. The molecule has 0 saturated heterocycles. The number of para-hydroxylation sites is 3. The van der Waals surface area contributed by atoms with E-state index in [4.69, 9.17) is 0 Å². The third-order valence-electron chi connectivity index (χ3n) is 14.8. The second kappa shape index (κ2) is 16.1. The number of aromatic nitrogens is 3. The molecular formula is C66H45N3Si. The van der Waals surface area contributed by atoms with E-state index in [0.717, 1.165) is 17.1 Å². The Morgan fingerprint density at radius 1 is 0.200 bits per heavy atom. The third kappa shape index (κ3) is 6.07. The Labute approximate surface area is 407 Å². The monoisotopic (exact) mass is 907 g/mol. The van der Waals surface area contributed by atoms with Crippen LogP contribution in [0.4, 0.5) is 0 Å². The Morgan fingerprint density at radius 2 is 0.586 bits per heavy atom. The normalized spacial score (nSPS) is 12.0. The predicted molar refractivity (Wildman–Crippen MR) is 299 cm³/mol. The molecule has 0 amide bonds. The highest BCUT2D eigenvalue weighted by atomic mass is 28.3. The summed E-state index contributed by atoms with van der Waals surface area (Å²) < 4.78 is 7.41. The molecule has 4 heteroatoms. The van der Waals surface area contributed by atoms with Crippen LogP contribution in [0.1, 0.15) is 0 Å². The van der Waals surface area contributed by atoms with Crippen LogP contribution in [0, 0.1) is 0 Å². The fourth-order valence-electron chi connectivity index (χ4n) is 11.8. The van der Waals surface area contributed by atoms with Gasteiger partial charge in [-0.25, -0.2) is 0 Å². The van der Waals surface area contributed by atoms with Crippen molar-refractivity contribution in [3.8, 4) is 28.2 Å². The fourth-order valence-corrected chi connectivity index (χ4v) is 16.5. The number of rotatable bonds is 8. The van der Waals surface area contributed by atoms with Gasteiger partial charge >= 0.3 is 0 Å². The van der Waals surface area contributed by atoms with Gasteiger partial charge in [0.2, 0.25) is 0 Å². The number of fused-ring (bicyclic) bond motifs is 9. The van der Waals surface area contributed by atoms with E-state index in [9.17, 15) is 0 Å². The van der Waals surface area contributed by atoms with E-state index in [0.29, 0.717) is 0 Å². The maximum atomic E-state index is 2.48. The maximum Gasteiger partial charge on any atom is 0.179 e. The highest BCUT2D eigenvalue weighted by molar-refractivity contribution is 7.19. The average molecular weight is 908 g/mol. The first kappa shape index (κ1) is 40.1. The topological polar surface area (TPSA) is 14.8 Å². The molecule has 14 aromatic rings. The van der Waals surface area contributed by atoms with E-state index in [2.05, 4.69) is 287 Å². The van der Waals surface area contributed by atoms with Gasteiger partial charge < -0.3 is 13.7 Å². The molecule has 0 atom stereocenters. The molecule has 14 rings (SSSR count). The summed E-state index contributed by atoms with van der Waals surface area (Å²) in [5, 5.41) is 12.8. The van der Waals surface area contributed by atoms with Crippen molar-refractivity contribution in [1.29, 1.82) is 0 Å². The Kier molecular flexibility index (Phi) is 9.23. The Balaban J connectivity index is 0.974. The second-order valence-corrected chi connectivity index (χ2v) is 22.3. The lowest BCUT2D eigenvalue weighted by Crippen LogP contribution is -2.74. The van der Waals surface area contributed by atoms with Gasteiger partial charge in [-0.05, 0) is 98.6 Å². The smallest absolute Gasteiger partial charge is 0.179 e. The third-order valence-corrected chi connectivity index (χ3v) is 19.5. The van der Waals surface area contributed by atoms with Crippen LogP contribution in [0.5, 0.6) is 0 Å². The lowest BCUT2D eigenvalue weighted by Gasteiger charge is -2.34. The first-order chi connectivity index (χ1) is 34.7. The molecule has 0 spiro atoms. The van der Waals surface area contributed by atoms with Crippen LogP contribution in [0.2, 0.25) is 0 Å². The van der Waals surface area contributed by atoms with Crippen molar-refractivity contribution in [2.75, 3.05) is 0 Å². The van der Waals surface area contributed by atoms with E-state index in [1.807, 2.05) is 0 Å². The molecular weight excluding hydrogens is 863 g/mol. The Bertz CT molecular complexity index is 4180. The average Bonchev–Trinajstić information content (AvgIpc) is 4.07. The summed E-state index contributed by atoms with van der Waals surface area (Å²) in [6.45, 7) is 0. The highest BCUT2D eigenvalue weighted by Crippen LogP contribution is 2.40. The summed E-state index contributed by atoms with van der Waals surface area (Å²) in [5.41, 5.74) is 12.9. The molecule has 0 aliphatic rings. The molecule has 0 bridgehead atoms. The minimum Gasteiger partial charge on any atom is -0.309 e. The van der Waals surface area contributed by atoms with E-state index in [-0.39, 0.29) is 0 Å². The van der Waals surface area contributed by atoms with Gasteiger partial charge in [0.15, 0.2) is 8.07 Å². The van der Waals surface area contributed by atoms with Crippen LogP contribution in [0.25, 0.3) is 93.6 Å². The maximum absolute atomic E-state index is 2.77. The predicted octanol–water partition coefficient (Wildman–Crippen LogP) is 14.0. The lowest BCUT2D eigenvalue weighted by atomic mass is 10.0. The number of hydrogen-bond acceptors (Lipinski definition) is 0. The van der Waals surface area contributed by atoms with Crippen molar-refractivity contribution in [2.24, 2.45) is 0 Å². The molecule has 0 radical (unpaired) electrons. The molecule has 328 valence electrons. The molecule has 0 unspecified atom stereocenters. The zero-order chi connectivity index (χ0) is 46.2. The van der Waals surface area contributed by atoms with Crippen LogP contribution in [0.3, 0.4) is 0 Å². The summed E-state index contributed by atoms with van der Waals surface area (Å²) in [6.07, 6.45) is 0. The molecule has 0 fully saturated rings. The number of benzene rings is 11. The van der Waals surface area contributed by atoms with Crippen molar-refractivity contribution < 1.29 is 0 Å². The van der Waals surface area contributed by atoms with Crippen LogP contribution in [-0.4, -0.2) is 21.8 Å². The fraction of sp³-hybridized carbons (Fsp3) is 0. The summed E-state index contributed by atoms with van der Waals surface area (Å²) in [5.74, 6) is 0. The summed E-state index contributed by atoms with van der Waals surface area (Å²) >= 11 is 0. The van der Waals surface area contributed by atoms with Crippen LogP contribution >= 0.6 is 0 Å². The standard InChI is InChI=1S/C66H45N3Si/c1-5-20-46(21-6-1)47-36-39-58-55-30-13-17-34-62(55)69(65(58)42-47)50-37-40-59-56-31-14-16-33-61(56)68(66(59)45-50)49-38-41-64-60(44-49)57-32-15-18-35-63(57)67(64)48-22-19-29-54(43-48)70(51-23-7-2-8-24-51,52-25-9-3-10-26-52)53-27-11-4-12-28-53/h1-45H. The van der Waals surface area contributed by atoms with Gasteiger partial charge in [0.25, 0.3) is 0 Å². The van der Waals surface area contributed by atoms with Crippen LogP contribution in [-0.2, 0) is 0 Å². The Hall–Kier alpha value is -8.96. The number of nitrogens with zero attached hydrogens (tertiary/aromatic N) is 3. The Morgan fingerprint density at radius 3 is 1.16 bits per heavy atom. The molecule has 11 aromatic carbocycles. The molecule has 0 N–H and O–H groups in total. The van der Waals surface area contributed by atoms with Gasteiger partial charge in [0.05, 0.1) is 33.1 Å². The van der Waals surface area contributed by atoms with E-state index in [1.54, 1.807) is 0 Å². The second-order valence-electron chi connectivity index (χ2n) is 18.5. The van der Waals surface area contributed by atoms with E-state index >= 15 is 0 Å². The summed E-state index contributed by atoms with van der Waals surface area (Å²) in [6, 6.07) is 101. The largest absolute Gasteiger partial charge is 0.309 e. The quantitative estimate of drug-likeness (QED) is 0.107. The lowest BCUT2D eigenvalue weighted by molar-refractivity contribution is 1.15. The van der Waals surface area contributed by atoms with Gasteiger partial charge in [-0.2, -0.15) is 0 Å². The van der Waals surface area contributed by atoms with Gasteiger partial charge in [0, 0.05) is 49.4 Å². The molecule has 3 nitrogen and oxygen atoms in total. The minimum absolute atomic E-state index is 1.13. The van der Waals surface area contributed by atoms with Gasteiger partial charge in [0.1, 0.15) is 0 Å².